The minimum Gasteiger partial charge on any atom is -0.306 e. The first-order chi connectivity index (χ1) is 9.44. The lowest BCUT2D eigenvalue weighted by atomic mass is 10.1. The first-order valence-electron chi connectivity index (χ1n) is 6.73. The second-order valence-electron chi connectivity index (χ2n) is 5.84. The second kappa shape index (κ2) is 6.33. The Morgan fingerprint density at radius 2 is 1.90 bits per heavy atom. The molecule has 0 bridgehead atoms. The van der Waals surface area contributed by atoms with Gasteiger partial charge >= 0.3 is 0 Å². The van der Waals surface area contributed by atoms with Gasteiger partial charge in [-0.25, -0.2) is 9.97 Å². The maximum atomic E-state index is 6.17. The number of hydrogen-bond donors (Lipinski definition) is 1. The molecule has 1 aromatic heterocycles. The molecule has 0 saturated carbocycles. The molecule has 0 spiro atoms. The average molecular weight is 290 g/mol. The molecule has 1 heterocycles. The molecular weight excluding hydrogens is 270 g/mol. The van der Waals surface area contributed by atoms with Crippen LogP contribution < -0.4 is 5.32 Å². The van der Waals surface area contributed by atoms with Gasteiger partial charge in [-0.3, -0.25) is 0 Å². The molecule has 0 amide bonds. The summed E-state index contributed by atoms with van der Waals surface area (Å²) in [7, 11) is 0. The van der Waals surface area contributed by atoms with E-state index in [0.29, 0.717) is 6.42 Å². The Morgan fingerprint density at radius 3 is 2.60 bits per heavy atom. The largest absolute Gasteiger partial charge is 0.306 e. The summed E-state index contributed by atoms with van der Waals surface area (Å²) in [5.74, 6) is 0.798. The quantitative estimate of drug-likeness (QED) is 0.934. The molecule has 1 aromatic carbocycles. The van der Waals surface area contributed by atoms with Crippen molar-refractivity contribution in [2.24, 2.45) is 0 Å². The minimum absolute atomic E-state index is 0.0772. The highest BCUT2D eigenvalue weighted by atomic mass is 35.5. The summed E-state index contributed by atoms with van der Waals surface area (Å²) in [6.07, 6.45) is 2.46. The molecule has 0 unspecified atom stereocenters. The number of aromatic nitrogens is 2. The molecule has 0 aliphatic rings. The van der Waals surface area contributed by atoms with Gasteiger partial charge < -0.3 is 5.32 Å². The summed E-state index contributed by atoms with van der Waals surface area (Å²) >= 11 is 6.17. The van der Waals surface area contributed by atoms with Crippen LogP contribution in [0.15, 0.2) is 36.5 Å². The lowest BCUT2D eigenvalue weighted by molar-refractivity contribution is 0.420. The van der Waals surface area contributed by atoms with Crippen LogP contribution in [0.2, 0.25) is 5.02 Å². The molecule has 0 aliphatic carbocycles. The Hall–Kier alpha value is -1.45. The normalized spacial score (nSPS) is 11.6. The monoisotopic (exact) mass is 289 g/mol. The maximum absolute atomic E-state index is 6.17. The van der Waals surface area contributed by atoms with Crippen molar-refractivity contribution in [2.75, 3.05) is 0 Å². The summed E-state index contributed by atoms with van der Waals surface area (Å²) in [4.78, 5) is 8.90. The molecule has 0 fully saturated rings. The van der Waals surface area contributed by atoms with Crippen molar-refractivity contribution in [3.63, 3.8) is 0 Å². The molecule has 0 aliphatic heterocycles. The maximum Gasteiger partial charge on any atom is 0.133 e. The molecule has 2 rings (SSSR count). The van der Waals surface area contributed by atoms with E-state index in [1.54, 1.807) is 6.20 Å². The number of nitrogens with zero attached hydrogens (tertiary/aromatic N) is 2. The highest BCUT2D eigenvalue weighted by Gasteiger charge is 2.10. The Labute approximate surface area is 125 Å². The van der Waals surface area contributed by atoms with E-state index in [0.717, 1.165) is 28.6 Å². The van der Waals surface area contributed by atoms with Crippen LogP contribution in [0.5, 0.6) is 0 Å². The van der Waals surface area contributed by atoms with Crippen LogP contribution in [-0.4, -0.2) is 15.5 Å². The molecule has 0 saturated heterocycles. The van der Waals surface area contributed by atoms with Crippen molar-refractivity contribution >= 4 is 11.6 Å². The van der Waals surface area contributed by atoms with E-state index >= 15 is 0 Å². The van der Waals surface area contributed by atoms with Crippen molar-refractivity contribution in [1.82, 2.24) is 15.3 Å². The Kier molecular flexibility index (Phi) is 4.73. The van der Waals surface area contributed by atoms with Gasteiger partial charge in [-0.15, -0.1) is 0 Å². The average Bonchev–Trinajstić information content (AvgIpc) is 2.39. The lowest BCUT2D eigenvalue weighted by Crippen LogP contribution is -2.35. The molecular formula is C16H20ClN3. The van der Waals surface area contributed by atoms with Gasteiger partial charge in [-0.1, -0.05) is 29.8 Å². The summed E-state index contributed by atoms with van der Waals surface area (Å²) in [5, 5.41) is 4.18. The number of benzene rings is 1. The first kappa shape index (κ1) is 14.9. The fourth-order valence-electron chi connectivity index (χ4n) is 1.79. The number of rotatable bonds is 4. The zero-order valence-electron chi connectivity index (χ0n) is 12.2. The first-order valence-corrected chi connectivity index (χ1v) is 7.11. The van der Waals surface area contributed by atoms with Crippen LogP contribution in [-0.2, 0) is 13.0 Å². The van der Waals surface area contributed by atoms with Gasteiger partial charge in [0.1, 0.15) is 5.82 Å². The van der Waals surface area contributed by atoms with Gasteiger partial charge in [0.2, 0.25) is 0 Å². The van der Waals surface area contributed by atoms with Crippen molar-refractivity contribution in [2.45, 2.75) is 39.3 Å². The minimum atomic E-state index is 0.0772. The van der Waals surface area contributed by atoms with E-state index < -0.39 is 0 Å². The summed E-state index contributed by atoms with van der Waals surface area (Å²) < 4.78 is 0. The molecule has 4 heteroatoms. The molecule has 2 aromatic rings. The summed E-state index contributed by atoms with van der Waals surface area (Å²) in [6, 6.07) is 9.74. The molecule has 1 N–H and O–H groups in total. The van der Waals surface area contributed by atoms with E-state index in [9.17, 15) is 0 Å². The van der Waals surface area contributed by atoms with Crippen LogP contribution >= 0.6 is 11.6 Å². The van der Waals surface area contributed by atoms with Gasteiger partial charge in [-0.05, 0) is 38.5 Å². The third-order valence-electron chi connectivity index (χ3n) is 2.87. The lowest BCUT2D eigenvalue weighted by Gasteiger charge is -2.20. The number of halogens is 1. The van der Waals surface area contributed by atoms with Gasteiger partial charge in [-0.2, -0.15) is 0 Å². The van der Waals surface area contributed by atoms with E-state index in [1.807, 2.05) is 30.3 Å². The van der Waals surface area contributed by atoms with E-state index in [1.165, 1.54) is 0 Å². The fraction of sp³-hybridized carbons (Fsp3) is 0.375. The third-order valence-corrected chi connectivity index (χ3v) is 3.24. The zero-order chi connectivity index (χ0) is 14.6. The highest BCUT2D eigenvalue weighted by Crippen LogP contribution is 2.17. The van der Waals surface area contributed by atoms with Crippen molar-refractivity contribution in [3.8, 4) is 0 Å². The van der Waals surface area contributed by atoms with Gasteiger partial charge in [0.05, 0.1) is 5.69 Å². The highest BCUT2D eigenvalue weighted by molar-refractivity contribution is 6.31. The Morgan fingerprint density at radius 1 is 1.15 bits per heavy atom. The molecule has 106 valence electrons. The number of hydrogen-bond acceptors (Lipinski definition) is 3. The molecule has 0 radical (unpaired) electrons. The van der Waals surface area contributed by atoms with Crippen molar-refractivity contribution in [3.05, 3.63) is 58.6 Å². The molecule has 20 heavy (non-hydrogen) atoms. The standard InChI is InChI=1S/C16H20ClN3/c1-16(2,3)19-11-13-8-9-18-15(20-13)10-12-6-4-5-7-14(12)17/h4-9,19H,10-11H2,1-3H3. The predicted molar refractivity (Wildman–Crippen MR) is 82.9 cm³/mol. The predicted octanol–water partition coefficient (Wildman–Crippen LogP) is 3.61. The number of nitrogens with one attached hydrogen (secondary N) is 1. The Bertz CT molecular complexity index is 576. The molecule has 3 nitrogen and oxygen atoms in total. The SMILES string of the molecule is CC(C)(C)NCc1ccnc(Cc2ccccc2Cl)n1. The van der Waals surface area contributed by atoms with Gasteiger partial charge in [0, 0.05) is 29.7 Å². The summed E-state index contributed by atoms with van der Waals surface area (Å²) in [6.45, 7) is 7.15. The van der Waals surface area contributed by atoms with Crippen LogP contribution in [0.1, 0.15) is 37.9 Å². The second-order valence-corrected chi connectivity index (χ2v) is 6.24. The van der Waals surface area contributed by atoms with E-state index in [2.05, 4.69) is 36.1 Å². The van der Waals surface area contributed by atoms with E-state index in [-0.39, 0.29) is 5.54 Å². The van der Waals surface area contributed by atoms with Crippen LogP contribution in [0, 0.1) is 0 Å². The fourth-order valence-corrected chi connectivity index (χ4v) is 2.00. The van der Waals surface area contributed by atoms with E-state index in [4.69, 9.17) is 11.6 Å². The van der Waals surface area contributed by atoms with Crippen LogP contribution in [0.3, 0.4) is 0 Å². The molecule has 0 atom stereocenters. The third kappa shape index (κ3) is 4.58. The zero-order valence-corrected chi connectivity index (χ0v) is 12.9. The smallest absolute Gasteiger partial charge is 0.133 e. The van der Waals surface area contributed by atoms with Crippen molar-refractivity contribution < 1.29 is 0 Å². The van der Waals surface area contributed by atoms with Crippen LogP contribution in [0.4, 0.5) is 0 Å². The Balaban J connectivity index is 2.08. The topological polar surface area (TPSA) is 37.8 Å². The van der Waals surface area contributed by atoms with Gasteiger partial charge in [0.25, 0.3) is 0 Å². The summed E-state index contributed by atoms with van der Waals surface area (Å²) in [5.41, 5.74) is 2.13. The van der Waals surface area contributed by atoms with Crippen molar-refractivity contribution in [1.29, 1.82) is 0 Å². The van der Waals surface area contributed by atoms with Gasteiger partial charge in [0.15, 0.2) is 0 Å². The van der Waals surface area contributed by atoms with Crippen LogP contribution in [0.25, 0.3) is 0 Å².